The van der Waals surface area contributed by atoms with Crippen molar-refractivity contribution in [2.75, 3.05) is 12.1 Å². The summed E-state index contributed by atoms with van der Waals surface area (Å²) in [4.78, 5) is 0. The second-order valence-corrected chi connectivity index (χ2v) is 7.66. The lowest BCUT2D eigenvalue weighted by atomic mass is 9.96. The minimum atomic E-state index is 0.150. The summed E-state index contributed by atoms with van der Waals surface area (Å²) < 4.78 is 5.34. The molecule has 0 N–H and O–H groups in total. The Morgan fingerprint density at radius 1 is 0.677 bits per heavy atom. The van der Waals surface area contributed by atoms with Gasteiger partial charge in [-0.2, -0.15) is 5.10 Å². The molecule has 1 aliphatic heterocycles. The first kappa shape index (κ1) is 19.1. The predicted molar refractivity (Wildman–Crippen MR) is 128 cm³/mol. The normalized spacial score (nSPS) is 15.6. The first-order chi connectivity index (χ1) is 15.3. The number of methoxy groups -OCH3 is 1. The van der Waals surface area contributed by atoms with Crippen molar-refractivity contribution in [2.24, 2.45) is 5.10 Å². The molecule has 5 rings (SSSR count). The van der Waals surface area contributed by atoms with E-state index < -0.39 is 0 Å². The Balaban J connectivity index is 1.47. The molecule has 152 valence electrons. The Kier molecular flexibility index (Phi) is 5.24. The lowest BCUT2D eigenvalue weighted by Gasteiger charge is -2.24. The summed E-state index contributed by atoms with van der Waals surface area (Å²) >= 11 is 0. The fourth-order valence-electron chi connectivity index (χ4n) is 4.07. The van der Waals surface area contributed by atoms with Gasteiger partial charge in [-0.05, 0) is 46.5 Å². The fraction of sp³-hybridized carbons (Fsp3) is 0.107. The maximum Gasteiger partial charge on any atom is 0.118 e. The van der Waals surface area contributed by atoms with Crippen molar-refractivity contribution in [1.82, 2.24) is 0 Å². The quantitative estimate of drug-likeness (QED) is 0.369. The van der Waals surface area contributed by atoms with Crippen molar-refractivity contribution in [3.8, 4) is 16.9 Å². The first-order valence-electron chi connectivity index (χ1n) is 10.5. The van der Waals surface area contributed by atoms with Gasteiger partial charge in [-0.25, -0.2) is 0 Å². The molecule has 3 nitrogen and oxygen atoms in total. The van der Waals surface area contributed by atoms with Crippen LogP contribution in [0.4, 0.5) is 5.69 Å². The average Bonchev–Trinajstić information content (AvgIpc) is 3.31. The maximum atomic E-state index is 5.34. The molecule has 4 aromatic carbocycles. The van der Waals surface area contributed by atoms with E-state index in [0.717, 1.165) is 29.1 Å². The largest absolute Gasteiger partial charge is 0.497 e. The molecule has 0 spiro atoms. The van der Waals surface area contributed by atoms with Crippen LogP contribution in [0.1, 0.15) is 23.6 Å². The third kappa shape index (κ3) is 3.95. The number of hydrogen-bond donors (Lipinski definition) is 0. The van der Waals surface area contributed by atoms with E-state index in [2.05, 4.69) is 89.9 Å². The van der Waals surface area contributed by atoms with Gasteiger partial charge in [0, 0.05) is 6.42 Å². The van der Waals surface area contributed by atoms with Gasteiger partial charge in [0.25, 0.3) is 0 Å². The first-order valence-corrected chi connectivity index (χ1v) is 10.5. The molecule has 4 aromatic rings. The summed E-state index contributed by atoms with van der Waals surface area (Å²) in [5.74, 6) is 0.866. The second kappa shape index (κ2) is 8.49. The van der Waals surface area contributed by atoms with E-state index in [1.807, 2.05) is 24.3 Å². The van der Waals surface area contributed by atoms with E-state index in [1.54, 1.807) is 7.11 Å². The Bertz CT molecular complexity index is 1170. The summed E-state index contributed by atoms with van der Waals surface area (Å²) in [6.07, 6.45) is 0.853. The molecule has 0 radical (unpaired) electrons. The van der Waals surface area contributed by atoms with E-state index in [0.29, 0.717) is 0 Å². The highest BCUT2D eigenvalue weighted by Crippen LogP contribution is 2.37. The number of hydrogen-bond acceptors (Lipinski definition) is 3. The van der Waals surface area contributed by atoms with Crippen LogP contribution in [0.5, 0.6) is 5.75 Å². The van der Waals surface area contributed by atoms with Crippen LogP contribution in [0.3, 0.4) is 0 Å². The number of anilines is 1. The minimum Gasteiger partial charge on any atom is -0.497 e. The van der Waals surface area contributed by atoms with Crippen LogP contribution in [0.2, 0.25) is 0 Å². The van der Waals surface area contributed by atoms with Gasteiger partial charge in [0.05, 0.1) is 24.6 Å². The van der Waals surface area contributed by atoms with Crippen molar-refractivity contribution in [3.05, 3.63) is 120 Å². The summed E-state index contributed by atoms with van der Waals surface area (Å²) in [6.45, 7) is 0. The molecular weight excluding hydrogens is 380 g/mol. The zero-order valence-electron chi connectivity index (χ0n) is 17.5. The van der Waals surface area contributed by atoms with Crippen LogP contribution in [-0.4, -0.2) is 12.8 Å². The third-order valence-electron chi connectivity index (χ3n) is 5.76. The Labute approximate surface area is 183 Å². The van der Waals surface area contributed by atoms with Gasteiger partial charge in [-0.15, -0.1) is 0 Å². The number of hydrazone groups is 1. The van der Waals surface area contributed by atoms with E-state index in [9.17, 15) is 0 Å². The van der Waals surface area contributed by atoms with Crippen LogP contribution < -0.4 is 9.75 Å². The monoisotopic (exact) mass is 404 g/mol. The third-order valence-corrected chi connectivity index (χ3v) is 5.76. The van der Waals surface area contributed by atoms with Gasteiger partial charge in [0.1, 0.15) is 5.75 Å². The van der Waals surface area contributed by atoms with Gasteiger partial charge in [0.15, 0.2) is 0 Å². The van der Waals surface area contributed by atoms with Gasteiger partial charge >= 0.3 is 0 Å². The summed E-state index contributed by atoms with van der Waals surface area (Å²) in [5, 5.41) is 7.19. The molecule has 31 heavy (non-hydrogen) atoms. The smallest absolute Gasteiger partial charge is 0.118 e. The van der Waals surface area contributed by atoms with Crippen LogP contribution in [-0.2, 0) is 0 Å². The molecule has 0 amide bonds. The minimum absolute atomic E-state index is 0.150. The maximum absolute atomic E-state index is 5.34. The Morgan fingerprint density at radius 2 is 1.26 bits per heavy atom. The predicted octanol–water partition coefficient (Wildman–Crippen LogP) is 6.72. The molecule has 0 saturated carbocycles. The number of para-hydroxylation sites is 1. The topological polar surface area (TPSA) is 24.8 Å². The molecule has 0 aromatic heterocycles. The van der Waals surface area contributed by atoms with Gasteiger partial charge < -0.3 is 4.74 Å². The molecule has 0 fully saturated rings. The molecule has 1 heterocycles. The number of ether oxygens (including phenoxy) is 1. The summed E-state index contributed by atoms with van der Waals surface area (Å²) in [6, 6.07) is 38.0. The number of benzene rings is 4. The number of nitrogens with zero attached hydrogens (tertiary/aromatic N) is 2. The standard InChI is InChI=1S/C28H24N2O/c1-31-26-18-16-24(17-19-26)28-20-27(29-30(28)25-10-6-3-7-11-25)23-14-12-22(13-15-23)21-8-4-2-5-9-21/h2-19,28H,20H2,1H3/t28-/m0/s1. The van der Waals surface area contributed by atoms with Crippen molar-refractivity contribution in [1.29, 1.82) is 0 Å². The van der Waals surface area contributed by atoms with Crippen LogP contribution >= 0.6 is 0 Å². The zero-order chi connectivity index (χ0) is 21.0. The molecule has 0 aliphatic carbocycles. The second-order valence-electron chi connectivity index (χ2n) is 7.66. The lowest BCUT2D eigenvalue weighted by Crippen LogP contribution is -2.18. The van der Waals surface area contributed by atoms with Gasteiger partial charge in [-0.1, -0.05) is 84.9 Å². The molecule has 0 saturated heterocycles. The number of rotatable bonds is 5. The fourth-order valence-corrected chi connectivity index (χ4v) is 4.07. The molecular formula is C28H24N2O. The highest BCUT2D eigenvalue weighted by molar-refractivity contribution is 6.03. The lowest BCUT2D eigenvalue weighted by molar-refractivity contribution is 0.414. The Hall–Kier alpha value is -3.85. The van der Waals surface area contributed by atoms with Gasteiger partial charge in [0.2, 0.25) is 0 Å². The van der Waals surface area contributed by atoms with Crippen LogP contribution in [0.15, 0.2) is 114 Å². The molecule has 3 heteroatoms. The summed E-state index contributed by atoms with van der Waals surface area (Å²) in [5.41, 5.74) is 7.03. The van der Waals surface area contributed by atoms with Crippen molar-refractivity contribution in [2.45, 2.75) is 12.5 Å². The highest BCUT2D eigenvalue weighted by atomic mass is 16.5. The van der Waals surface area contributed by atoms with E-state index in [-0.39, 0.29) is 6.04 Å². The highest BCUT2D eigenvalue weighted by Gasteiger charge is 2.29. The van der Waals surface area contributed by atoms with E-state index in [1.165, 1.54) is 16.7 Å². The van der Waals surface area contributed by atoms with E-state index in [4.69, 9.17) is 9.84 Å². The molecule has 0 unspecified atom stereocenters. The SMILES string of the molecule is COc1ccc([C@@H]2CC(c3ccc(-c4ccccc4)cc3)=NN2c2ccccc2)cc1. The Morgan fingerprint density at radius 3 is 1.90 bits per heavy atom. The van der Waals surface area contributed by atoms with Crippen LogP contribution in [0.25, 0.3) is 11.1 Å². The van der Waals surface area contributed by atoms with Crippen molar-refractivity contribution < 1.29 is 4.74 Å². The molecule has 0 bridgehead atoms. The van der Waals surface area contributed by atoms with Crippen molar-refractivity contribution in [3.63, 3.8) is 0 Å². The zero-order valence-corrected chi connectivity index (χ0v) is 17.5. The van der Waals surface area contributed by atoms with E-state index >= 15 is 0 Å². The van der Waals surface area contributed by atoms with Crippen LogP contribution in [0, 0.1) is 0 Å². The average molecular weight is 405 g/mol. The molecule has 1 atom stereocenters. The van der Waals surface area contributed by atoms with Gasteiger partial charge in [-0.3, -0.25) is 5.01 Å². The van der Waals surface area contributed by atoms with Crippen molar-refractivity contribution >= 4 is 11.4 Å². The molecule has 1 aliphatic rings. The summed E-state index contributed by atoms with van der Waals surface area (Å²) in [7, 11) is 1.70.